The molecule has 4 rings (SSSR count). The summed E-state index contributed by atoms with van der Waals surface area (Å²) in [5.74, 6) is 3.12. The van der Waals surface area contributed by atoms with Gasteiger partial charge in [-0.3, -0.25) is 0 Å². The molecule has 0 amide bonds. The van der Waals surface area contributed by atoms with Gasteiger partial charge in [0, 0.05) is 0 Å². The van der Waals surface area contributed by atoms with Crippen molar-refractivity contribution in [1.82, 2.24) is 0 Å². The maximum atomic E-state index is 5.51. The van der Waals surface area contributed by atoms with Crippen LogP contribution < -0.4 is 0 Å². The standard InChI is InChI=1S/C7H10O/c1-4-2-7-5(1)6(4)3-8-7/h4-7H,1-3H2/t4?,5-,6?,7?/m0/s1. The maximum Gasteiger partial charge on any atom is 0.0609 e. The van der Waals surface area contributed by atoms with Crippen molar-refractivity contribution in [2.24, 2.45) is 17.8 Å². The summed E-state index contributed by atoms with van der Waals surface area (Å²) in [5.41, 5.74) is 0. The molecule has 0 aromatic heterocycles. The Kier molecular flexibility index (Phi) is 0.472. The minimum atomic E-state index is 0.713. The van der Waals surface area contributed by atoms with E-state index in [1.165, 1.54) is 12.8 Å². The van der Waals surface area contributed by atoms with E-state index in [2.05, 4.69) is 0 Å². The van der Waals surface area contributed by atoms with Crippen LogP contribution in [0.4, 0.5) is 0 Å². The van der Waals surface area contributed by atoms with Crippen molar-refractivity contribution in [3.63, 3.8) is 0 Å². The van der Waals surface area contributed by atoms with Crippen molar-refractivity contribution in [2.75, 3.05) is 6.61 Å². The van der Waals surface area contributed by atoms with Crippen molar-refractivity contribution in [3.8, 4) is 0 Å². The summed E-state index contributed by atoms with van der Waals surface area (Å²) in [6, 6.07) is 0. The van der Waals surface area contributed by atoms with Gasteiger partial charge in [0.2, 0.25) is 0 Å². The highest BCUT2D eigenvalue weighted by molar-refractivity contribution is 5.06. The van der Waals surface area contributed by atoms with Gasteiger partial charge in [0.15, 0.2) is 0 Å². The summed E-state index contributed by atoms with van der Waals surface area (Å²) in [4.78, 5) is 0. The number of hydrogen-bond acceptors (Lipinski definition) is 1. The third-order valence-corrected chi connectivity index (χ3v) is 3.25. The molecule has 0 N–H and O–H groups in total. The molecular formula is C7H10O. The van der Waals surface area contributed by atoms with E-state index in [4.69, 9.17) is 4.74 Å². The quantitative estimate of drug-likeness (QED) is 0.452. The van der Waals surface area contributed by atoms with Crippen molar-refractivity contribution in [1.29, 1.82) is 0 Å². The third-order valence-electron chi connectivity index (χ3n) is 3.25. The molecule has 0 spiro atoms. The Morgan fingerprint density at radius 2 is 2.12 bits per heavy atom. The lowest BCUT2D eigenvalue weighted by molar-refractivity contribution is 0.0635. The minimum absolute atomic E-state index is 0.713. The SMILES string of the molecule is C1C2C[C@@H]3C1OCC23. The van der Waals surface area contributed by atoms with Gasteiger partial charge in [0.25, 0.3) is 0 Å². The molecule has 3 saturated carbocycles. The monoisotopic (exact) mass is 110 g/mol. The second kappa shape index (κ2) is 0.971. The van der Waals surface area contributed by atoms with Crippen LogP contribution in [0.3, 0.4) is 0 Å². The van der Waals surface area contributed by atoms with Gasteiger partial charge >= 0.3 is 0 Å². The molecule has 0 radical (unpaired) electrons. The van der Waals surface area contributed by atoms with E-state index >= 15 is 0 Å². The second-order valence-electron chi connectivity index (χ2n) is 3.43. The van der Waals surface area contributed by atoms with Crippen molar-refractivity contribution < 1.29 is 4.74 Å². The molecule has 1 heterocycles. The lowest BCUT2D eigenvalue weighted by Crippen LogP contribution is -2.27. The van der Waals surface area contributed by atoms with E-state index in [0.29, 0.717) is 6.10 Å². The molecule has 4 aliphatic rings. The first-order valence-corrected chi connectivity index (χ1v) is 3.57. The van der Waals surface area contributed by atoms with Gasteiger partial charge in [-0.15, -0.1) is 0 Å². The van der Waals surface area contributed by atoms with Gasteiger partial charge < -0.3 is 4.74 Å². The molecular weight excluding hydrogens is 100 g/mol. The fraction of sp³-hybridized carbons (Fsp3) is 1.00. The molecule has 0 aromatic carbocycles. The molecule has 4 atom stereocenters. The molecule has 1 nitrogen and oxygen atoms in total. The molecule has 3 unspecified atom stereocenters. The highest BCUT2D eigenvalue weighted by Crippen LogP contribution is 2.58. The molecule has 4 bridgehead atoms. The topological polar surface area (TPSA) is 9.23 Å². The summed E-state index contributed by atoms with van der Waals surface area (Å²) in [6.07, 6.45) is 3.61. The largest absolute Gasteiger partial charge is 0.378 e. The van der Waals surface area contributed by atoms with Crippen LogP contribution >= 0.6 is 0 Å². The first kappa shape index (κ1) is 3.89. The van der Waals surface area contributed by atoms with E-state index in [9.17, 15) is 0 Å². The average Bonchev–Trinajstić information content (AvgIpc) is 2.25. The number of ether oxygens (including phenoxy) is 1. The zero-order valence-electron chi connectivity index (χ0n) is 4.84. The smallest absolute Gasteiger partial charge is 0.0609 e. The molecule has 1 aliphatic heterocycles. The Balaban J connectivity index is 2.06. The maximum absolute atomic E-state index is 5.51. The molecule has 1 saturated heterocycles. The zero-order chi connectivity index (χ0) is 5.14. The lowest BCUT2D eigenvalue weighted by atomic mass is 9.74. The van der Waals surface area contributed by atoms with Gasteiger partial charge in [-0.1, -0.05) is 0 Å². The predicted octanol–water partition coefficient (Wildman–Crippen LogP) is 1.04. The Hall–Kier alpha value is -0.0400. The molecule has 1 heteroatoms. The summed E-state index contributed by atoms with van der Waals surface area (Å²) in [6.45, 7) is 1.10. The Bertz CT molecular complexity index is 122. The second-order valence-corrected chi connectivity index (χ2v) is 3.43. The van der Waals surface area contributed by atoms with Crippen molar-refractivity contribution in [2.45, 2.75) is 18.9 Å². The first-order chi connectivity index (χ1) is 3.95. The fourth-order valence-corrected chi connectivity index (χ4v) is 2.71. The van der Waals surface area contributed by atoms with Gasteiger partial charge in [0.1, 0.15) is 0 Å². The van der Waals surface area contributed by atoms with Crippen LogP contribution in [0.2, 0.25) is 0 Å². The molecule has 44 valence electrons. The predicted molar refractivity (Wildman–Crippen MR) is 29.4 cm³/mol. The highest BCUT2D eigenvalue weighted by atomic mass is 16.5. The number of rotatable bonds is 0. The third kappa shape index (κ3) is 0.235. The van der Waals surface area contributed by atoms with E-state index < -0.39 is 0 Å². The lowest BCUT2D eigenvalue weighted by Gasteiger charge is -2.30. The summed E-state index contributed by atoms with van der Waals surface area (Å²) < 4.78 is 5.51. The van der Waals surface area contributed by atoms with Crippen molar-refractivity contribution >= 4 is 0 Å². The highest BCUT2D eigenvalue weighted by Gasteiger charge is 2.57. The summed E-state index contributed by atoms with van der Waals surface area (Å²) in [7, 11) is 0. The molecule has 0 aromatic rings. The average molecular weight is 110 g/mol. The van der Waals surface area contributed by atoms with E-state index in [-0.39, 0.29) is 0 Å². The van der Waals surface area contributed by atoms with E-state index in [0.717, 1.165) is 24.4 Å². The van der Waals surface area contributed by atoms with Gasteiger partial charge in [-0.2, -0.15) is 0 Å². The Morgan fingerprint density at radius 1 is 1.12 bits per heavy atom. The Morgan fingerprint density at radius 3 is 2.50 bits per heavy atom. The van der Waals surface area contributed by atoms with E-state index in [1.54, 1.807) is 0 Å². The molecule has 3 aliphatic carbocycles. The van der Waals surface area contributed by atoms with Crippen LogP contribution in [-0.4, -0.2) is 12.7 Å². The van der Waals surface area contributed by atoms with Crippen LogP contribution in [0.15, 0.2) is 0 Å². The summed E-state index contributed by atoms with van der Waals surface area (Å²) in [5, 5.41) is 0. The zero-order valence-corrected chi connectivity index (χ0v) is 4.84. The van der Waals surface area contributed by atoms with Crippen LogP contribution in [0.25, 0.3) is 0 Å². The minimum Gasteiger partial charge on any atom is -0.378 e. The normalized spacial score (nSPS) is 66.0. The van der Waals surface area contributed by atoms with Gasteiger partial charge in [-0.25, -0.2) is 0 Å². The van der Waals surface area contributed by atoms with Crippen molar-refractivity contribution in [3.05, 3.63) is 0 Å². The first-order valence-electron chi connectivity index (χ1n) is 3.57. The summed E-state index contributed by atoms with van der Waals surface area (Å²) >= 11 is 0. The van der Waals surface area contributed by atoms with Crippen LogP contribution in [0.5, 0.6) is 0 Å². The molecule has 4 fully saturated rings. The van der Waals surface area contributed by atoms with Crippen LogP contribution in [0.1, 0.15) is 12.8 Å². The van der Waals surface area contributed by atoms with Gasteiger partial charge in [-0.05, 0) is 30.6 Å². The Labute approximate surface area is 49.0 Å². The number of hydrogen-bond donors (Lipinski definition) is 0. The van der Waals surface area contributed by atoms with E-state index in [1.807, 2.05) is 0 Å². The molecule has 8 heavy (non-hydrogen) atoms. The van der Waals surface area contributed by atoms with Crippen LogP contribution in [0, 0.1) is 17.8 Å². The van der Waals surface area contributed by atoms with Crippen LogP contribution in [-0.2, 0) is 4.74 Å². The van der Waals surface area contributed by atoms with Gasteiger partial charge in [0.05, 0.1) is 12.7 Å². The fourth-order valence-electron chi connectivity index (χ4n) is 2.71.